The molecular weight excluding hydrogens is 304 g/mol. The van der Waals surface area contributed by atoms with Crippen LogP contribution in [0.15, 0.2) is 18.2 Å². The molecule has 0 aliphatic carbocycles. The number of carbonyl (C=O) groups is 1. The van der Waals surface area contributed by atoms with Gasteiger partial charge in [-0.05, 0) is 24.8 Å². The summed E-state index contributed by atoms with van der Waals surface area (Å²) in [5.41, 5.74) is 0.942. The summed E-state index contributed by atoms with van der Waals surface area (Å²) in [7, 11) is 0. The minimum absolute atomic E-state index is 0.0470. The fourth-order valence-corrected chi connectivity index (χ4v) is 3.33. The van der Waals surface area contributed by atoms with Gasteiger partial charge in [0.15, 0.2) is 0 Å². The zero-order chi connectivity index (χ0) is 15.5. The zero-order valence-electron chi connectivity index (χ0n) is 12.4. The molecule has 0 saturated carbocycles. The van der Waals surface area contributed by atoms with Gasteiger partial charge in [-0.15, -0.1) is 0 Å². The van der Waals surface area contributed by atoms with Crippen molar-refractivity contribution in [2.45, 2.75) is 25.3 Å². The van der Waals surface area contributed by atoms with Crippen LogP contribution in [0, 0.1) is 5.92 Å². The van der Waals surface area contributed by atoms with Gasteiger partial charge in [0, 0.05) is 31.7 Å². The van der Waals surface area contributed by atoms with Gasteiger partial charge in [0.05, 0.1) is 17.7 Å². The number of rotatable bonds is 2. The third-order valence-corrected chi connectivity index (χ3v) is 4.78. The summed E-state index contributed by atoms with van der Waals surface area (Å²) in [6, 6.07) is 5.51. The molecule has 5 nitrogen and oxygen atoms in total. The van der Waals surface area contributed by atoms with E-state index in [1.165, 1.54) is 0 Å². The first-order chi connectivity index (χ1) is 10.7. The molecule has 22 heavy (non-hydrogen) atoms. The molecule has 120 valence electrons. The molecule has 2 amide bonds. The number of piperidine rings is 1. The van der Waals surface area contributed by atoms with Crippen molar-refractivity contribution in [3.63, 3.8) is 0 Å². The molecule has 2 heterocycles. The molecule has 1 aromatic carbocycles. The third-order valence-electron chi connectivity index (χ3n) is 4.48. The summed E-state index contributed by atoms with van der Waals surface area (Å²) in [4.78, 5) is 14.3. The van der Waals surface area contributed by atoms with Crippen LogP contribution in [0.4, 0.5) is 4.79 Å². The van der Waals surface area contributed by atoms with Crippen molar-refractivity contribution in [2.75, 3.05) is 26.3 Å². The van der Waals surface area contributed by atoms with Gasteiger partial charge < -0.3 is 20.1 Å². The Labute approximate surface area is 135 Å². The molecule has 0 aromatic heterocycles. The number of nitrogens with one attached hydrogen (secondary N) is 1. The number of ether oxygens (including phenoxy) is 1. The highest BCUT2D eigenvalue weighted by Gasteiger charge is 2.28. The number of nitrogens with zero attached hydrogens (tertiary/aromatic N) is 1. The van der Waals surface area contributed by atoms with Gasteiger partial charge in [-0.2, -0.15) is 0 Å². The number of fused-ring (bicyclic) bond motifs is 1. The van der Waals surface area contributed by atoms with E-state index >= 15 is 0 Å². The normalized spacial score (nSPS) is 21.9. The minimum atomic E-state index is -0.0643. The molecule has 0 spiro atoms. The molecule has 1 saturated heterocycles. The maximum absolute atomic E-state index is 12.4. The highest BCUT2D eigenvalue weighted by atomic mass is 35.5. The van der Waals surface area contributed by atoms with Crippen LogP contribution in [0.5, 0.6) is 5.75 Å². The van der Waals surface area contributed by atoms with Gasteiger partial charge in [-0.3, -0.25) is 0 Å². The van der Waals surface area contributed by atoms with E-state index in [0.29, 0.717) is 36.4 Å². The maximum Gasteiger partial charge on any atom is 0.317 e. The van der Waals surface area contributed by atoms with Gasteiger partial charge in [0.1, 0.15) is 5.75 Å². The first-order valence-corrected chi connectivity index (χ1v) is 8.14. The Kier molecular flexibility index (Phi) is 4.74. The lowest BCUT2D eigenvalue weighted by molar-refractivity contribution is 0.133. The number of carbonyl (C=O) groups excluding carboxylic acids is 1. The number of urea groups is 1. The van der Waals surface area contributed by atoms with Crippen LogP contribution >= 0.6 is 11.6 Å². The van der Waals surface area contributed by atoms with Gasteiger partial charge in [0.25, 0.3) is 0 Å². The third kappa shape index (κ3) is 3.15. The van der Waals surface area contributed by atoms with Gasteiger partial charge in [0.2, 0.25) is 0 Å². The molecule has 1 atom stereocenters. The van der Waals surface area contributed by atoms with E-state index in [1.54, 1.807) is 6.07 Å². The molecule has 3 rings (SSSR count). The maximum atomic E-state index is 12.4. The predicted octanol–water partition coefficient (Wildman–Crippen LogP) is 2.58. The molecule has 2 N–H and O–H groups in total. The number of hydrogen-bond donors (Lipinski definition) is 2. The van der Waals surface area contributed by atoms with E-state index in [9.17, 15) is 4.79 Å². The summed E-state index contributed by atoms with van der Waals surface area (Å²) in [5, 5.41) is 12.8. The van der Waals surface area contributed by atoms with Crippen molar-refractivity contribution in [3.8, 4) is 5.75 Å². The molecule has 6 heteroatoms. The number of aliphatic hydroxyl groups is 1. The minimum Gasteiger partial charge on any atom is -0.492 e. The van der Waals surface area contributed by atoms with E-state index in [2.05, 4.69) is 5.32 Å². The number of halogens is 1. The van der Waals surface area contributed by atoms with E-state index in [4.69, 9.17) is 21.4 Å². The van der Waals surface area contributed by atoms with Crippen molar-refractivity contribution in [1.82, 2.24) is 10.2 Å². The smallest absolute Gasteiger partial charge is 0.317 e. The van der Waals surface area contributed by atoms with Crippen LogP contribution in [0.25, 0.3) is 0 Å². The Balaban J connectivity index is 1.65. The molecule has 1 fully saturated rings. The Morgan fingerprint density at radius 2 is 2.14 bits per heavy atom. The fraction of sp³-hybridized carbons (Fsp3) is 0.562. The largest absolute Gasteiger partial charge is 0.492 e. The average molecular weight is 325 g/mol. The predicted molar refractivity (Wildman–Crippen MR) is 84.2 cm³/mol. The number of likely N-dealkylation sites (tertiary alicyclic amines) is 1. The lowest BCUT2D eigenvalue weighted by Crippen LogP contribution is -2.46. The SMILES string of the molecule is O=C(NC1CCOc2c(Cl)cccc21)N1CCC(CO)CC1. The molecule has 0 bridgehead atoms. The second-order valence-corrected chi connectivity index (χ2v) is 6.32. The molecular formula is C16H21ClN2O3. The Hall–Kier alpha value is -1.46. The molecule has 2 aliphatic heterocycles. The van der Waals surface area contributed by atoms with Crippen LogP contribution in [-0.4, -0.2) is 42.3 Å². The molecule has 0 radical (unpaired) electrons. The van der Waals surface area contributed by atoms with Crippen LogP contribution in [0.3, 0.4) is 0 Å². The number of benzene rings is 1. The number of para-hydroxylation sites is 1. The Morgan fingerprint density at radius 1 is 1.36 bits per heavy atom. The van der Waals surface area contributed by atoms with Crippen molar-refractivity contribution in [1.29, 1.82) is 0 Å². The standard InChI is InChI=1S/C16H21ClN2O3/c17-13-3-1-2-12-14(6-9-22-15(12)13)18-16(21)19-7-4-11(10-20)5-8-19/h1-3,11,14,20H,4-10H2,(H,18,21). The van der Waals surface area contributed by atoms with Crippen molar-refractivity contribution < 1.29 is 14.6 Å². The fourth-order valence-electron chi connectivity index (χ4n) is 3.10. The summed E-state index contributed by atoms with van der Waals surface area (Å²) in [5.74, 6) is 1.01. The quantitative estimate of drug-likeness (QED) is 0.879. The second-order valence-electron chi connectivity index (χ2n) is 5.91. The van der Waals surface area contributed by atoms with E-state index < -0.39 is 0 Å². The Bertz CT molecular complexity index is 544. The average Bonchev–Trinajstić information content (AvgIpc) is 2.56. The van der Waals surface area contributed by atoms with Crippen LogP contribution in [0.2, 0.25) is 5.02 Å². The van der Waals surface area contributed by atoms with Crippen LogP contribution in [0.1, 0.15) is 30.9 Å². The van der Waals surface area contributed by atoms with Gasteiger partial charge >= 0.3 is 6.03 Å². The van der Waals surface area contributed by atoms with E-state index in [-0.39, 0.29) is 18.7 Å². The summed E-state index contributed by atoms with van der Waals surface area (Å²) < 4.78 is 5.62. The van der Waals surface area contributed by atoms with Crippen LogP contribution in [-0.2, 0) is 0 Å². The van der Waals surface area contributed by atoms with Crippen molar-refractivity contribution in [2.24, 2.45) is 5.92 Å². The monoisotopic (exact) mass is 324 g/mol. The van der Waals surface area contributed by atoms with Crippen molar-refractivity contribution in [3.05, 3.63) is 28.8 Å². The summed E-state index contributed by atoms with van der Waals surface area (Å²) in [6.45, 7) is 2.15. The lowest BCUT2D eigenvalue weighted by atomic mass is 9.98. The number of amides is 2. The van der Waals surface area contributed by atoms with E-state index in [1.807, 2.05) is 17.0 Å². The van der Waals surface area contributed by atoms with Crippen LogP contribution < -0.4 is 10.1 Å². The van der Waals surface area contributed by atoms with Gasteiger partial charge in [-0.25, -0.2) is 4.79 Å². The van der Waals surface area contributed by atoms with E-state index in [0.717, 1.165) is 24.8 Å². The topological polar surface area (TPSA) is 61.8 Å². The zero-order valence-corrected chi connectivity index (χ0v) is 13.2. The summed E-state index contributed by atoms with van der Waals surface area (Å²) in [6.07, 6.45) is 2.46. The number of hydrogen-bond acceptors (Lipinski definition) is 3. The highest BCUT2D eigenvalue weighted by molar-refractivity contribution is 6.32. The number of aliphatic hydroxyl groups excluding tert-OH is 1. The van der Waals surface area contributed by atoms with Gasteiger partial charge in [-0.1, -0.05) is 23.7 Å². The first-order valence-electron chi connectivity index (χ1n) is 7.76. The molecule has 2 aliphatic rings. The Morgan fingerprint density at radius 3 is 2.86 bits per heavy atom. The second kappa shape index (κ2) is 6.75. The summed E-state index contributed by atoms with van der Waals surface area (Å²) >= 11 is 6.15. The lowest BCUT2D eigenvalue weighted by Gasteiger charge is -2.34. The highest BCUT2D eigenvalue weighted by Crippen LogP contribution is 2.37. The van der Waals surface area contributed by atoms with Crippen molar-refractivity contribution >= 4 is 17.6 Å². The first kappa shape index (κ1) is 15.4. The molecule has 1 unspecified atom stereocenters. The molecule has 1 aromatic rings.